The van der Waals surface area contributed by atoms with Crippen LogP contribution in [0.5, 0.6) is 0 Å². The Bertz CT molecular complexity index is 630. The summed E-state index contributed by atoms with van der Waals surface area (Å²) < 4.78 is 1.72. The van der Waals surface area contributed by atoms with Crippen LogP contribution in [0.3, 0.4) is 0 Å². The molecule has 0 aliphatic heterocycles. The van der Waals surface area contributed by atoms with E-state index in [9.17, 15) is 4.79 Å². The predicted molar refractivity (Wildman–Crippen MR) is 72.2 cm³/mol. The molecular weight excluding hydrogens is 238 g/mol. The van der Waals surface area contributed by atoms with Crippen LogP contribution < -0.4 is 0 Å². The lowest BCUT2D eigenvalue weighted by Crippen LogP contribution is -2.12. The molecule has 2 aromatic heterocycles. The predicted octanol–water partition coefficient (Wildman–Crippen LogP) is 2.29. The highest BCUT2D eigenvalue weighted by Crippen LogP contribution is 2.34. The largest absolute Gasteiger partial charge is 0.293 e. The van der Waals surface area contributed by atoms with Crippen molar-refractivity contribution in [1.29, 1.82) is 0 Å². The molecule has 0 radical (unpaired) electrons. The third-order valence-corrected chi connectivity index (χ3v) is 3.78. The van der Waals surface area contributed by atoms with Gasteiger partial charge in [0, 0.05) is 19.4 Å². The molecule has 98 valence electrons. The Labute approximate surface area is 112 Å². The molecule has 0 amide bonds. The third kappa shape index (κ3) is 1.97. The van der Waals surface area contributed by atoms with Crippen molar-refractivity contribution in [3.05, 3.63) is 47.0 Å². The number of ketones is 1. The average molecular weight is 255 g/mol. The van der Waals surface area contributed by atoms with Gasteiger partial charge >= 0.3 is 0 Å². The standard InChI is InChI=1S/C15H17N3O/c1-3-13-12(9-18(2)17-13)15(19)11-7-6-10-5-4-8-16-14(10)11/h4-5,8-9,11H,3,6-7H2,1-2H3. The molecule has 1 atom stereocenters. The second kappa shape index (κ2) is 4.61. The Morgan fingerprint density at radius 3 is 3.16 bits per heavy atom. The summed E-state index contributed by atoms with van der Waals surface area (Å²) in [6.07, 6.45) is 6.20. The van der Waals surface area contributed by atoms with Crippen molar-refractivity contribution in [2.24, 2.45) is 7.05 Å². The molecule has 0 aromatic carbocycles. The van der Waals surface area contributed by atoms with Crippen LogP contribution in [0.4, 0.5) is 0 Å². The zero-order chi connectivity index (χ0) is 13.4. The second-order valence-corrected chi connectivity index (χ2v) is 5.02. The lowest BCUT2D eigenvalue weighted by atomic mass is 9.95. The maximum Gasteiger partial charge on any atom is 0.175 e. The number of rotatable bonds is 3. The Morgan fingerprint density at radius 1 is 1.53 bits per heavy atom. The van der Waals surface area contributed by atoms with Gasteiger partial charge in [-0.15, -0.1) is 0 Å². The molecular formula is C15H17N3O. The number of nitrogens with zero attached hydrogens (tertiary/aromatic N) is 3. The molecule has 0 N–H and O–H groups in total. The highest BCUT2D eigenvalue weighted by atomic mass is 16.1. The first-order chi connectivity index (χ1) is 9.20. The maximum absolute atomic E-state index is 12.7. The minimum absolute atomic E-state index is 0.0919. The summed E-state index contributed by atoms with van der Waals surface area (Å²) in [5, 5.41) is 4.35. The van der Waals surface area contributed by atoms with Gasteiger partial charge in [0.1, 0.15) is 0 Å². The first kappa shape index (κ1) is 12.1. The minimum atomic E-state index is -0.0919. The van der Waals surface area contributed by atoms with Gasteiger partial charge in [-0.2, -0.15) is 5.10 Å². The molecule has 0 saturated carbocycles. The summed E-state index contributed by atoms with van der Waals surface area (Å²) in [6, 6.07) is 4.01. The van der Waals surface area contributed by atoms with Crippen LogP contribution in [0, 0.1) is 0 Å². The monoisotopic (exact) mass is 255 g/mol. The van der Waals surface area contributed by atoms with E-state index in [4.69, 9.17) is 0 Å². The Hall–Kier alpha value is -1.97. The Balaban J connectivity index is 1.97. The summed E-state index contributed by atoms with van der Waals surface area (Å²) in [4.78, 5) is 17.1. The van der Waals surface area contributed by atoms with Crippen molar-refractivity contribution in [3.63, 3.8) is 0 Å². The summed E-state index contributed by atoms with van der Waals surface area (Å²) >= 11 is 0. The summed E-state index contributed by atoms with van der Waals surface area (Å²) in [7, 11) is 1.86. The molecule has 2 heterocycles. The van der Waals surface area contributed by atoms with Crippen LogP contribution in [0.2, 0.25) is 0 Å². The summed E-state index contributed by atoms with van der Waals surface area (Å²) in [6.45, 7) is 2.03. The fraction of sp³-hybridized carbons (Fsp3) is 0.400. The van der Waals surface area contributed by atoms with Gasteiger partial charge in [-0.3, -0.25) is 14.5 Å². The number of pyridine rings is 1. The number of aryl methyl sites for hydroxylation is 3. The van der Waals surface area contributed by atoms with Crippen LogP contribution in [-0.4, -0.2) is 20.5 Å². The van der Waals surface area contributed by atoms with Crippen LogP contribution in [0.15, 0.2) is 24.5 Å². The molecule has 0 saturated heterocycles. The van der Waals surface area contributed by atoms with Crippen molar-refractivity contribution in [2.45, 2.75) is 32.1 Å². The minimum Gasteiger partial charge on any atom is -0.293 e. The second-order valence-electron chi connectivity index (χ2n) is 5.02. The van der Waals surface area contributed by atoms with E-state index in [2.05, 4.69) is 16.1 Å². The first-order valence-corrected chi connectivity index (χ1v) is 6.71. The fourth-order valence-corrected chi connectivity index (χ4v) is 2.86. The Morgan fingerprint density at radius 2 is 2.37 bits per heavy atom. The van der Waals surface area contributed by atoms with E-state index < -0.39 is 0 Å². The number of fused-ring (bicyclic) bond motifs is 1. The van der Waals surface area contributed by atoms with E-state index in [1.165, 1.54) is 5.56 Å². The molecule has 4 nitrogen and oxygen atoms in total. The van der Waals surface area contributed by atoms with E-state index >= 15 is 0 Å². The van der Waals surface area contributed by atoms with E-state index in [0.717, 1.165) is 36.2 Å². The van der Waals surface area contributed by atoms with Crippen molar-refractivity contribution in [3.8, 4) is 0 Å². The third-order valence-electron chi connectivity index (χ3n) is 3.78. The van der Waals surface area contributed by atoms with Crippen LogP contribution >= 0.6 is 0 Å². The van der Waals surface area contributed by atoms with Gasteiger partial charge in [0.15, 0.2) is 5.78 Å². The lowest BCUT2D eigenvalue weighted by molar-refractivity contribution is 0.0957. The highest BCUT2D eigenvalue weighted by Gasteiger charge is 2.32. The van der Waals surface area contributed by atoms with Crippen molar-refractivity contribution in [2.75, 3.05) is 0 Å². The molecule has 0 spiro atoms. The first-order valence-electron chi connectivity index (χ1n) is 6.71. The summed E-state index contributed by atoms with van der Waals surface area (Å²) in [5.41, 5.74) is 3.81. The van der Waals surface area contributed by atoms with Crippen LogP contribution in [-0.2, 0) is 19.9 Å². The average Bonchev–Trinajstić information content (AvgIpc) is 3.01. The molecule has 1 aliphatic carbocycles. The summed E-state index contributed by atoms with van der Waals surface area (Å²) in [5.74, 6) is 0.0769. The topological polar surface area (TPSA) is 47.8 Å². The smallest absolute Gasteiger partial charge is 0.175 e. The number of Topliss-reactive ketones (excluding diaryl/α,β-unsaturated/α-hetero) is 1. The quantitative estimate of drug-likeness (QED) is 0.791. The maximum atomic E-state index is 12.7. The molecule has 1 unspecified atom stereocenters. The molecule has 0 bridgehead atoms. The van der Waals surface area contributed by atoms with Crippen molar-refractivity contribution < 1.29 is 4.79 Å². The molecule has 3 rings (SSSR count). The molecule has 2 aromatic rings. The number of aromatic nitrogens is 3. The highest BCUT2D eigenvalue weighted by molar-refractivity contribution is 6.02. The molecule has 0 fully saturated rings. The molecule has 4 heteroatoms. The Kier molecular flexibility index (Phi) is 2.93. The van der Waals surface area contributed by atoms with E-state index in [-0.39, 0.29) is 11.7 Å². The van der Waals surface area contributed by atoms with Crippen molar-refractivity contribution >= 4 is 5.78 Å². The normalized spacial score (nSPS) is 17.5. The van der Waals surface area contributed by atoms with Gasteiger partial charge in [0.05, 0.1) is 22.9 Å². The van der Waals surface area contributed by atoms with Crippen LogP contribution in [0.25, 0.3) is 0 Å². The van der Waals surface area contributed by atoms with E-state index in [1.807, 2.05) is 26.2 Å². The van der Waals surface area contributed by atoms with E-state index in [0.29, 0.717) is 0 Å². The van der Waals surface area contributed by atoms with Gasteiger partial charge in [0.2, 0.25) is 0 Å². The van der Waals surface area contributed by atoms with Gasteiger partial charge in [0.25, 0.3) is 0 Å². The number of carbonyl (C=O) groups is 1. The SMILES string of the molecule is CCc1nn(C)cc1C(=O)C1CCc2cccnc21. The van der Waals surface area contributed by atoms with Crippen molar-refractivity contribution in [1.82, 2.24) is 14.8 Å². The zero-order valence-electron chi connectivity index (χ0n) is 11.3. The van der Waals surface area contributed by atoms with Gasteiger partial charge in [-0.25, -0.2) is 0 Å². The molecule has 19 heavy (non-hydrogen) atoms. The number of hydrogen-bond acceptors (Lipinski definition) is 3. The lowest BCUT2D eigenvalue weighted by Gasteiger charge is -2.08. The zero-order valence-corrected chi connectivity index (χ0v) is 11.3. The van der Waals surface area contributed by atoms with Gasteiger partial charge in [-0.1, -0.05) is 13.0 Å². The van der Waals surface area contributed by atoms with Gasteiger partial charge in [-0.05, 0) is 30.9 Å². The number of hydrogen-bond donors (Lipinski definition) is 0. The molecule has 1 aliphatic rings. The van der Waals surface area contributed by atoms with E-state index in [1.54, 1.807) is 10.9 Å². The van der Waals surface area contributed by atoms with Gasteiger partial charge < -0.3 is 0 Å². The fourth-order valence-electron chi connectivity index (χ4n) is 2.86. The van der Waals surface area contributed by atoms with Crippen LogP contribution in [0.1, 0.15) is 46.6 Å². The number of carbonyl (C=O) groups excluding carboxylic acids is 1.